The molecule has 112 valence electrons. The Balaban J connectivity index is 1.89. The highest BCUT2D eigenvalue weighted by Gasteiger charge is 2.18. The van der Waals surface area contributed by atoms with Crippen molar-refractivity contribution in [2.45, 2.75) is 45.6 Å². The first-order chi connectivity index (χ1) is 10.2. The summed E-state index contributed by atoms with van der Waals surface area (Å²) in [7, 11) is 1.70. The fraction of sp³-hybridized carbons (Fsp3) is 0.500. The fourth-order valence-corrected chi connectivity index (χ4v) is 3.24. The first kappa shape index (κ1) is 14.2. The quantitative estimate of drug-likeness (QED) is 0.898. The number of hydrogen-bond donors (Lipinski definition) is 1. The molecule has 3 heteroatoms. The number of nitrogens with one attached hydrogen (secondary N) is 1. The average Bonchev–Trinajstić information content (AvgIpc) is 2.49. The lowest BCUT2D eigenvalue weighted by Crippen LogP contribution is -2.25. The molecule has 0 bridgehead atoms. The molecule has 1 fully saturated rings. The van der Waals surface area contributed by atoms with Gasteiger partial charge in [-0.25, -0.2) is 4.98 Å². The summed E-state index contributed by atoms with van der Waals surface area (Å²) in [6.45, 7) is 4.48. The van der Waals surface area contributed by atoms with Crippen LogP contribution in [-0.4, -0.2) is 18.1 Å². The van der Waals surface area contributed by atoms with E-state index in [2.05, 4.69) is 31.3 Å². The lowest BCUT2D eigenvalue weighted by Gasteiger charge is -2.27. The van der Waals surface area contributed by atoms with Crippen molar-refractivity contribution in [3.05, 3.63) is 29.8 Å². The molecule has 21 heavy (non-hydrogen) atoms. The molecule has 0 aliphatic heterocycles. The Morgan fingerprint density at radius 2 is 1.95 bits per heavy atom. The van der Waals surface area contributed by atoms with Gasteiger partial charge in [0, 0.05) is 11.4 Å². The van der Waals surface area contributed by atoms with Crippen LogP contribution in [0.25, 0.3) is 10.9 Å². The topological polar surface area (TPSA) is 34.1 Å². The molecule has 0 saturated heterocycles. The van der Waals surface area contributed by atoms with Crippen molar-refractivity contribution >= 4 is 16.7 Å². The molecule has 1 aliphatic carbocycles. The molecule has 1 N–H and O–H groups in total. The van der Waals surface area contributed by atoms with E-state index in [-0.39, 0.29) is 0 Å². The van der Waals surface area contributed by atoms with Gasteiger partial charge in [-0.05, 0) is 56.2 Å². The molecular weight excluding hydrogens is 260 g/mol. The van der Waals surface area contributed by atoms with Gasteiger partial charge in [0.25, 0.3) is 0 Å². The second-order valence-electron chi connectivity index (χ2n) is 6.28. The number of pyridine rings is 1. The summed E-state index contributed by atoms with van der Waals surface area (Å²) in [5, 5.41) is 4.78. The molecule has 1 aliphatic rings. The minimum atomic E-state index is 0.556. The van der Waals surface area contributed by atoms with E-state index in [0.29, 0.717) is 6.04 Å². The van der Waals surface area contributed by atoms with Crippen molar-refractivity contribution in [1.29, 1.82) is 0 Å². The number of aromatic nitrogens is 1. The van der Waals surface area contributed by atoms with Crippen molar-refractivity contribution < 1.29 is 4.74 Å². The van der Waals surface area contributed by atoms with Crippen LogP contribution >= 0.6 is 0 Å². The number of fused-ring (bicyclic) bond motifs is 1. The number of para-hydroxylation sites is 1. The Morgan fingerprint density at radius 1 is 1.19 bits per heavy atom. The normalized spacial score (nSPS) is 22.2. The summed E-state index contributed by atoms with van der Waals surface area (Å²) in [5.74, 6) is 2.69. The lowest BCUT2D eigenvalue weighted by atomic mass is 9.87. The van der Waals surface area contributed by atoms with Gasteiger partial charge in [-0.15, -0.1) is 0 Å². The number of methoxy groups -OCH3 is 1. The van der Waals surface area contributed by atoms with E-state index < -0.39 is 0 Å². The third-order valence-corrected chi connectivity index (χ3v) is 4.60. The molecule has 1 heterocycles. The molecule has 0 amide bonds. The number of rotatable bonds is 3. The molecule has 0 unspecified atom stereocenters. The molecule has 1 saturated carbocycles. The molecule has 1 aromatic carbocycles. The number of benzene rings is 1. The summed E-state index contributed by atoms with van der Waals surface area (Å²) in [4.78, 5) is 4.78. The Bertz CT molecular complexity index is 630. The Kier molecular flexibility index (Phi) is 4.00. The van der Waals surface area contributed by atoms with Crippen LogP contribution < -0.4 is 10.1 Å². The molecule has 2 aromatic rings. The predicted octanol–water partition coefficient (Wildman–Crippen LogP) is 4.54. The van der Waals surface area contributed by atoms with E-state index in [1.807, 2.05) is 12.1 Å². The monoisotopic (exact) mass is 284 g/mol. The van der Waals surface area contributed by atoms with Crippen LogP contribution in [0.1, 0.15) is 38.2 Å². The SMILES string of the molecule is COc1cccc2c(C)cc(NC3CCC(C)CC3)nc12. The first-order valence-corrected chi connectivity index (χ1v) is 7.88. The molecule has 0 atom stereocenters. The number of ether oxygens (including phenoxy) is 1. The van der Waals surface area contributed by atoms with Gasteiger partial charge >= 0.3 is 0 Å². The van der Waals surface area contributed by atoms with Crippen LogP contribution in [0.4, 0.5) is 5.82 Å². The maximum absolute atomic E-state index is 5.45. The van der Waals surface area contributed by atoms with E-state index >= 15 is 0 Å². The second-order valence-corrected chi connectivity index (χ2v) is 6.28. The van der Waals surface area contributed by atoms with Gasteiger partial charge in [-0.1, -0.05) is 19.1 Å². The zero-order valence-electron chi connectivity index (χ0n) is 13.1. The van der Waals surface area contributed by atoms with E-state index in [1.165, 1.54) is 31.2 Å². The van der Waals surface area contributed by atoms with Crippen molar-refractivity contribution in [2.24, 2.45) is 5.92 Å². The minimum Gasteiger partial charge on any atom is -0.494 e. The van der Waals surface area contributed by atoms with Crippen LogP contribution in [-0.2, 0) is 0 Å². The highest BCUT2D eigenvalue weighted by atomic mass is 16.5. The first-order valence-electron chi connectivity index (χ1n) is 7.88. The van der Waals surface area contributed by atoms with Crippen LogP contribution in [0.3, 0.4) is 0 Å². The highest BCUT2D eigenvalue weighted by molar-refractivity contribution is 5.88. The molecule has 3 rings (SSSR count). The Morgan fingerprint density at radius 3 is 2.67 bits per heavy atom. The zero-order chi connectivity index (χ0) is 14.8. The average molecular weight is 284 g/mol. The zero-order valence-corrected chi connectivity index (χ0v) is 13.1. The van der Waals surface area contributed by atoms with E-state index in [1.54, 1.807) is 7.11 Å². The third kappa shape index (κ3) is 2.97. The predicted molar refractivity (Wildman–Crippen MR) is 88.1 cm³/mol. The lowest BCUT2D eigenvalue weighted by molar-refractivity contribution is 0.361. The van der Waals surface area contributed by atoms with Crippen LogP contribution in [0, 0.1) is 12.8 Å². The molecular formula is C18H24N2O. The van der Waals surface area contributed by atoms with Gasteiger partial charge < -0.3 is 10.1 Å². The largest absolute Gasteiger partial charge is 0.494 e. The highest BCUT2D eigenvalue weighted by Crippen LogP contribution is 2.30. The van der Waals surface area contributed by atoms with Crippen molar-refractivity contribution in [3.8, 4) is 5.75 Å². The van der Waals surface area contributed by atoms with Crippen molar-refractivity contribution in [3.63, 3.8) is 0 Å². The molecule has 1 aromatic heterocycles. The summed E-state index contributed by atoms with van der Waals surface area (Å²) in [6, 6.07) is 8.80. The molecule has 3 nitrogen and oxygen atoms in total. The van der Waals surface area contributed by atoms with Crippen molar-refractivity contribution in [2.75, 3.05) is 12.4 Å². The van der Waals surface area contributed by atoms with Crippen LogP contribution in [0.2, 0.25) is 0 Å². The second kappa shape index (κ2) is 5.92. The maximum atomic E-state index is 5.45. The molecule has 0 radical (unpaired) electrons. The fourth-order valence-electron chi connectivity index (χ4n) is 3.24. The van der Waals surface area contributed by atoms with E-state index in [0.717, 1.165) is 28.4 Å². The number of hydrogen-bond acceptors (Lipinski definition) is 3. The van der Waals surface area contributed by atoms with Gasteiger partial charge in [-0.3, -0.25) is 0 Å². The standard InChI is InChI=1S/C18H24N2O/c1-12-7-9-14(10-8-12)19-17-11-13(2)15-5-4-6-16(21-3)18(15)20-17/h4-6,11-12,14H,7-10H2,1-3H3,(H,19,20). The summed E-state index contributed by atoms with van der Waals surface area (Å²) in [5.41, 5.74) is 2.19. The number of aryl methyl sites for hydroxylation is 1. The summed E-state index contributed by atoms with van der Waals surface area (Å²) >= 11 is 0. The van der Waals surface area contributed by atoms with E-state index in [9.17, 15) is 0 Å². The minimum absolute atomic E-state index is 0.556. The Hall–Kier alpha value is -1.77. The smallest absolute Gasteiger partial charge is 0.145 e. The number of nitrogens with zero attached hydrogens (tertiary/aromatic N) is 1. The van der Waals surface area contributed by atoms with E-state index in [4.69, 9.17) is 9.72 Å². The van der Waals surface area contributed by atoms with Gasteiger partial charge in [0.1, 0.15) is 17.1 Å². The molecule has 0 spiro atoms. The van der Waals surface area contributed by atoms with Gasteiger partial charge in [-0.2, -0.15) is 0 Å². The van der Waals surface area contributed by atoms with Gasteiger partial charge in [0.15, 0.2) is 0 Å². The summed E-state index contributed by atoms with van der Waals surface area (Å²) < 4.78 is 5.45. The van der Waals surface area contributed by atoms with Crippen molar-refractivity contribution in [1.82, 2.24) is 4.98 Å². The third-order valence-electron chi connectivity index (χ3n) is 4.60. The Labute approximate surface area is 126 Å². The summed E-state index contributed by atoms with van der Waals surface area (Å²) in [6.07, 6.45) is 5.11. The van der Waals surface area contributed by atoms with Crippen LogP contribution in [0.15, 0.2) is 24.3 Å². The number of anilines is 1. The van der Waals surface area contributed by atoms with Gasteiger partial charge in [0.05, 0.1) is 7.11 Å². The van der Waals surface area contributed by atoms with Crippen LogP contribution in [0.5, 0.6) is 5.75 Å². The maximum Gasteiger partial charge on any atom is 0.145 e. The van der Waals surface area contributed by atoms with Gasteiger partial charge in [0.2, 0.25) is 0 Å².